The molecule has 0 aromatic heterocycles. The molecule has 6 heteroatoms. The summed E-state index contributed by atoms with van der Waals surface area (Å²) in [5.41, 5.74) is 0.733. The molecule has 0 saturated heterocycles. The second-order valence-electron chi connectivity index (χ2n) is 6.09. The monoisotopic (exact) mass is 354 g/mol. The van der Waals surface area contributed by atoms with Gasteiger partial charge >= 0.3 is 0 Å². The van der Waals surface area contributed by atoms with E-state index in [-0.39, 0.29) is 24.3 Å². The molecule has 2 aromatic carbocycles. The molecule has 26 heavy (non-hydrogen) atoms. The molecule has 0 radical (unpaired) electrons. The standard InChI is InChI=1S/C20H22N2O4/c23-19(21-12-13-25-17-4-2-1-3-5-17)14-26-18-10-8-16(9-11-18)22-20(24)15-6-7-15/h1-5,8-11,15H,6-7,12-14H2,(H,21,23)(H,22,24). The predicted molar refractivity (Wildman–Crippen MR) is 98.2 cm³/mol. The van der Waals surface area contributed by atoms with E-state index in [0.717, 1.165) is 24.3 Å². The zero-order valence-electron chi connectivity index (χ0n) is 14.4. The van der Waals surface area contributed by atoms with Crippen LogP contribution in [0.5, 0.6) is 11.5 Å². The third-order valence-electron chi connectivity index (χ3n) is 3.88. The van der Waals surface area contributed by atoms with Gasteiger partial charge in [0.2, 0.25) is 5.91 Å². The molecule has 1 aliphatic carbocycles. The van der Waals surface area contributed by atoms with Gasteiger partial charge in [0.1, 0.15) is 18.1 Å². The minimum Gasteiger partial charge on any atom is -0.492 e. The molecule has 0 spiro atoms. The molecule has 0 aliphatic heterocycles. The number of rotatable bonds is 9. The highest BCUT2D eigenvalue weighted by Crippen LogP contribution is 2.30. The Balaban J connectivity index is 1.31. The van der Waals surface area contributed by atoms with Crippen LogP contribution in [-0.4, -0.2) is 31.6 Å². The average Bonchev–Trinajstić information content (AvgIpc) is 3.51. The first-order chi connectivity index (χ1) is 12.7. The van der Waals surface area contributed by atoms with Gasteiger partial charge in [0.25, 0.3) is 5.91 Å². The maximum Gasteiger partial charge on any atom is 0.258 e. The summed E-state index contributed by atoms with van der Waals surface area (Å²) in [6, 6.07) is 16.4. The van der Waals surface area contributed by atoms with E-state index >= 15 is 0 Å². The van der Waals surface area contributed by atoms with Crippen LogP contribution in [0, 0.1) is 5.92 Å². The third-order valence-corrected chi connectivity index (χ3v) is 3.88. The van der Waals surface area contributed by atoms with Crippen LogP contribution in [-0.2, 0) is 9.59 Å². The first-order valence-electron chi connectivity index (χ1n) is 8.69. The van der Waals surface area contributed by atoms with Crippen molar-refractivity contribution in [1.29, 1.82) is 0 Å². The van der Waals surface area contributed by atoms with E-state index < -0.39 is 0 Å². The SMILES string of the molecule is O=C(COc1ccc(NC(=O)C2CC2)cc1)NCCOc1ccccc1. The first kappa shape index (κ1) is 17.8. The smallest absolute Gasteiger partial charge is 0.258 e. The molecular weight excluding hydrogens is 332 g/mol. The lowest BCUT2D eigenvalue weighted by atomic mass is 10.3. The molecule has 2 amide bonds. The van der Waals surface area contributed by atoms with Crippen molar-refractivity contribution in [3.05, 3.63) is 54.6 Å². The van der Waals surface area contributed by atoms with Gasteiger partial charge in [-0.05, 0) is 49.2 Å². The summed E-state index contributed by atoms with van der Waals surface area (Å²) in [6.45, 7) is 0.730. The van der Waals surface area contributed by atoms with Crippen molar-refractivity contribution < 1.29 is 19.1 Å². The van der Waals surface area contributed by atoms with E-state index in [0.29, 0.717) is 18.9 Å². The van der Waals surface area contributed by atoms with E-state index in [1.165, 1.54) is 0 Å². The number of hydrogen-bond acceptors (Lipinski definition) is 4. The van der Waals surface area contributed by atoms with Crippen LogP contribution in [0.3, 0.4) is 0 Å². The van der Waals surface area contributed by atoms with Gasteiger partial charge in [-0.25, -0.2) is 0 Å². The topological polar surface area (TPSA) is 76.7 Å². The van der Waals surface area contributed by atoms with Gasteiger partial charge < -0.3 is 20.1 Å². The van der Waals surface area contributed by atoms with Gasteiger partial charge in [0, 0.05) is 11.6 Å². The van der Waals surface area contributed by atoms with Crippen LogP contribution in [0.2, 0.25) is 0 Å². The number of benzene rings is 2. The molecule has 6 nitrogen and oxygen atoms in total. The quantitative estimate of drug-likeness (QED) is 0.679. The normalized spacial score (nSPS) is 12.9. The zero-order valence-corrected chi connectivity index (χ0v) is 14.4. The van der Waals surface area contributed by atoms with Crippen molar-refractivity contribution in [2.75, 3.05) is 25.1 Å². The Morgan fingerprint density at radius 3 is 2.31 bits per heavy atom. The minimum absolute atomic E-state index is 0.0655. The Morgan fingerprint density at radius 2 is 1.62 bits per heavy atom. The number of para-hydroxylation sites is 1. The van der Waals surface area contributed by atoms with Gasteiger partial charge in [0.05, 0.1) is 6.54 Å². The summed E-state index contributed by atoms with van der Waals surface area (Å²) in [6.07, 6.45) is 1.94. The van der Waals surface area contributed by atoms with Crippen molar-refractivity contribution in [3.8, 4) is 11.5 Å². The maximum atomic E-state index is 11.8. The fourth-order valence-corrected chi connectivity index (χ4v) is 2.30. The lowest BCUT2D eigenvalue weighted by Gasteiger charge is -2.09. The minimum atomic E-state index is -0.215. The van der Waals surface area contributed by atoms with E-state index in [1.807, 2.05) is 30.3 Å². The van der Waals surface area contributed by atoms with Crippen LogP contribution < -0.4 is 20.1 Å². The number of carbonyl (C=O) groups excluding carboxylic acids is 2. The summed E-state index contributed by atoms with van der Waals surface area (Å²) in [7, 11) is 0. The van der Waals surface area contributed by atoms with Crippen molar-refractivity contribution in [1.82, 2.24) is 5.32 Å². The molecule has 1 aliphatic rings. The van der Waals surface area contributed by atoms with Gasteiger partial charge in [0.15, 0.2) is 6.61 Å². The van der Waals surface area contributed by atoms with Crippen LogP contribution in [0.25, 0.3) is 0 Å². The highest BCUT2D eigenvalue weighted by Gasteiger charge is 2.29. The number of anilines is 1. The number of amides is 2. The van der Waals surface area contributed by atoms with E-state index in [4.69, 9.17) is 9.47 Å². The molecule has 0 unspecified atom stereocenters. The predicted octanol–water partition coefficient (Wildman–Crippen LogP) is 2.61. The Morgan fingerprint density at radius 1 is 0.923 bits per heavy atom. The third kappa shape index (κ3) is 5.81. The lowest BCUT2D eigenvalue weighted by molar-refractivity contribution is -0.123. The van der Waals surface area contributed by atoms with Crippen LogP contribution in [0.4, 0.5) is 5.69 Å². The van der Waals surface area contributed by atoms with Crippen molar-refractivity contribution >= 4 is 17.5 Å². The summed E-state index contributed by atoms with van der Waals surface area (Å²) in [5.74, 6) is 1.36. The molecule has 3 rings (SSSR count). The first-order valence-corrected chi connectivity index (χ1v) is 8.69. The maximum absolute atomic E-state index is 11.8. The fraction of sp³-hybridized carbons (Fsp3) is 0.300. The summed E-state index contributed by atoms with van der Waals surface area (Å²) in [4.78, 5) is 23.5. The summed E-state index contributed by atoms with van der Waals surface area (Å²) >= 11 is 0. The molecule has 2 N–H and O–H groups in total. The number of carbonyl (C=O) groups is 2. The Labute approximate surface area is 152 Å². The van der Waals surface area contributed by atoms with Gasteiger partial charge in [-0.15, -0.1) is 0 Å². The number of ether oxygens (including phenoxy) is 2. The fourth-order valence-electron chi connectivity index (χ4n) is 2.30. The molecule has 0 bridgehead atoms. The molecule has 2 aromatic rings. The molecule has 1 saturated carbocycles. The second-order valence-corrected chi connectivity index (χ2v) is 6.09. The summed E-state index contributed by atoms with van der Waals surface area (Å²) in [5, 5.41) is 5.59. The molecule has 136 valence electrons. The van der Waals surface area contributed by atoms with Crippen molar-refractivity contribution in [2.45, 2.75) is 12.8 Å². The van der Waals surface area contributed by atoms with Gasteiger partial charge in [-0.3, -0.25) is 9.59 Å². The molecule has 0 heterocycles. The van der Waals surface area contributed by atoms with Crippen molar-refractivity contribution in [2.24, 2.45) is 5.92 Å². The number of nitrogens with one attached hydrogen (secondary N) is 2. The Kier molecular flexibility index (Phi) is 6.09. The highest BCUT2D eigenvalue weighted by atomic mass is 16.5. The van der Waals surface area contributed by atoms with E-state index in [9.17, 15) is 9.59 Å². The van der Waals surface area contributed by atoms with Crippen LogP contribution in [0.15, 0.2) is 54.6 Å². The number of hydrogen-bond donors (Lipinski definition) is 2. The van der Waals surface area contributed by atoms with Crippen molar-refractivity contribution in [3.63, 3.8) is 0 Å². The van der Waals surface area contributed by atoms with Crippen LogP contribution >= 0.6 is 0 Å². The second kappa shape index (κ2) is 8.89. The van der Waals surface area contributed by atoms with Gasteiger partial charge in [-0.1, -0.05) is 18.2 Å². The largest absolute Gasteiger partial charge is 0.492 e. The highest BCUT2D eigenvalue weighted by molar-refractivity contribution is 5.94. The van der Waals surface area contributed by atoms with Gasteiger partial charge in [-0.2, -0.15) is 0 Å². The zero-order chi connectivity index (χ0) is 18.2. The average molecular weight is 354 g/mol. The lowest BCUT2D eigenvalue weighted by Crippen LogP contribution is -2.32. The Hall–Kier alpha value is -3.02. The van der Waals surface area contributed by atoms with E-state index in [1.54, 1.807) is 24.3 Å². The Bertz CT molecular complexity index is 727. The molecule has 1 fully saturated rings. The molecular formula is C20H22N2O4. The van der Waals surface area contributed by atoms with E-state index in [2.05, 4.69) is 10.6 Å². The van der Waals surface area contributed by atoms with Crippen LogP contribution in [0.1, 0.15) is 12.8 Å². The molecule has 0 atom stereocenters. The summed E-state index contributed by atoms with van der Waals surface area (Å²) < 4.78 is 10.9.